The Hall–Kier alpha value is -2.70. The molecule has 0 unspecified atom stereocenters. The molecule has 0 fully saturated rings. The molecule has 0 radical (unpaired) electrons. The van der Waals surface area contributed by atoms with Crippen LogP contribution in [0.3, 0.4) is 0 Å². The zero-order valence-electron chi connectivity index (χ0n) is 13.4. The summed E-state index contributed by atoms with van der Waals surface area (Å²) >= 11 is 11.1. The highest BCUT2D eigenvalue weighted by Gasteiger charge is 2.03. The first kappa shape index (κ1) is 18.6. The van der Waals surface area contributed by atoms with Gasteiger partial charge in [0.15, 0.2) is 5.11 Å². The van der Waals surface area contributed by atoms with E-state index in [0.717, 1.165) is 5.56 Å². The standard InChI is InChI=1S/C18H16ClN3O2S/c1-12(23)20-14-7-9-15(10-8-14)21-18(25)22-17(24)11-6-13-4-2-3-5-16(13)19/h2-11H,1H3,(H,20,23)(H2,21,22,24,25). The van der Waals surface area contributed by atoms with Crippen molar-refractivity contribution in [3.63, 3.8) is 0 Å². The molecule has 3 N–H and O–H groups in total. The number of nitrogens with one attached hydrogen (secondary N) is 3. The van der Waals surface area contributed by atoms with Gasteiger partial charge in [-0.3, -0.25) is 14.9 Å². The molecule has 0 saturated carbocycles. The summed E-state index contributed by atoms with van der Waals surface area (Å²) in [6.07, 6.45) is 2.97. The van der Waals surface area contributed by atoms with Crippen LogP contribution in [0.1, 0.15) is 12.5 Å². The van der Waals surface area contributed by atoms with Crippen LogP contribution in [-0.4, -0.2) is 16.9 Å². The van der Waals surface area contributed by atoms with Crippen LogP contribution in [0.25, 0.3) is 6.08 Å². The first-order valence-electron chi connectivity index (χ1n) is 7.36. The summed E-state index contributed by atoms with van der Waals surface area (Å²) in [6, 6.07) is 14.1. The summed E-state index contributed by atoms with van der Waals surface area (Å²) in [5, 5.41) is 8.83. The van der Waals surface area contributed by atoms with Crippen molar-refractivity contribution in [2.24, 2.45) is 0 Å². The maximum Gasteiger partial charge on any atom is 0.250 e. The van der Waals surface area contributed by atoms with Crippen molar-refractivity contribution in [3.8, 4) is 0 Å². The average Bonchev–Trinajstić information content (AvgIpc) is 2.55. The molecule has 0 bridgehead atoms. The van der Waals surface area contributed by atoms with Gasteiger partial charge in [0.2, 0.25) is 11.8 Å². The third-order valence-corrected chi connectivity index (χ3v) is 3.57. The first-order valence-corrected chi connectivity index (χ1v) is 8.15. The molecule has 0 spiro atoms. The third-order valence-electron chi connectivity index (χ3n) is 3.02. The minimum absolute atomic E-state index is 0.145. The van der Waals surface area contributed by atoms with Crippen molar-refractivity contribution in [2.75, 3.05) is 10.6 Å². The van der Waals surface area contributed by atoms with Gasteiger partial charge in [-0.05, 0) is 54.2 Å². The lowest BCUT2D eigenvalue weighted by Gasteiger charge is -2.09. The van der Waals surface area contributed by atoms with Crippen molar-refractivity contribution >= 4 is 58.2 Å². The predicted octanol–water partition coefficient (Wildman–Crippen LogP) is 3.82. The van der Waals surface area contributed by atoms with Gasteiger partial charge in [-0.1, -0.05) is 29.8 Å². The highest BCUT2D eigenvalue weighted by atomic mass is 35.5. The molecule has 128 valence electrons. The van der Waals surface area contributed by atoms with E-state index >= 15 is 0 Å². The summed E-state index contributed by atoms with van der Waals surface area (Å²) < 4.78 is 0. The Kier molecular flexibility index (Phi) is 6.68. The van der Waals surface area contributed by atoms with E-state index < -0.39 is 0 Å². The second-order valence-corrected chi connectivity index (χ2v) is 5.87. The molecular weight excluding hydrogens is 358 g/mol. The Bertz CT molecular complexity index is 819. The largest absolute Gasteiger partial charge is 0.332 e. The first-order chi connectivity index (χ1) is 11.9. The van der Waals surface area contributed by atoms with Gasteiger partial charge in [-0.2, -0.15) is 0 Å². The second-order valence-electron chi connectivity index (χ2n) is 5.06. The number of halogens is 1. The van der Waals surface area contributed by atoms with Crippen LogP contribution in [0.15, 0.2) is 54.6 Å². The molecular formula is C18H16ClN3O2S. The molecule has 0 saturated heterocycles. The van der Waals surface area contributed by atoms with Gasteiger partial charge in [0.25, 0.3) is 0 Å². The summed E-state index contributed by atoms with van der Waals surface area (Å²) in [7, 11) is 0. The summed E-state index contributed by atoms with van der Waals surface area (Å²) in [5.41, 5.74) is 2.11. The van der Waals surface area contributed by atoms with Crippen LogP contribution >= 0.6 is 23.8 Å². The van der Waals surface area contributed by atoms with E-state index in [0.29, 0.717) is 16.4 Å². The number of amides is 2. The number of hydrogen-bond acceptors (Lipinski definition) is 3. The van der Waals surface area contributed by atoms with E-state index in [1.165, 1.54) is 13.0 Å². The Morgan fingerprint density at radius 3 is 2.20 bits per heavy atom. The lowest BCUT2D eigenvalue weighted by atomic mass is 10.2. The SMILES string of the molecule is CC(=O)Nc1ccc(NC(=S)NC(=O)C=Cc2ccccc2Cl)cc1. The summed E-state index contributed by atoms with van der Waals surface area (Å²) in [6.45, 7) is 1.44. The van der Waals surface area contributed by atoms with E-state index in [4.69, 9.17) is 23.8 Å². The molecule has 0 aromatic heterocycles. The van der Waals surface area contributed by atoms with E-state index in [1.807, 2.05) is 12.1 Å². The molecule has 0 heterocycles. The molecule has 0 aliphatic rings. The number of benzene rings is 2. The van der Waals surface area contributed by atoms with Crippen LogP contribution in [0.5, 0.6) is 0 Å². The summed E-state index contributed by atoms with van der Waals surface area (Å²) in [4.78, 5) is 22.9. The van der Waals surface area contributed by atoms with Crippen molar-refractivity contribution in [2.45, 2.75) is 6.92 Å². The zero-order valence-corrected chi connectivity index (χ0v) is 14.9. The maximum absolute atomic E-state index is 11.9. The topological polar surface area (TPSA) is 70.2 Å². The van der Waals surface area contributed by atoms with E-state index in [9.17, 15) is 9.59 Å². The lowest BCUT2D eigenvalue weighted by molar-refractivity contribution is -0.115. The Morgan fingerprint density at radius 1 is 1.00 bits per heavy atom. The van der Waals surface area contributed by atoms with E-state index in [1.54, 1.807) is 42.5 Å². The fourth-order valence-electron chi connectivity index (χ4n) is 1.93. The monoisotopic (exact) mass is 373 g/mol. The number of anilines is 2. The smallest absolute Gasteiger partial charge is 0.250 e. The molecule has 7 heteroatoms. The minimum atomic E-state index is -0.368. The Morgan fingerprint density at radius 2 is 1.60 bits per heavy atom. The van der Waals surface area contributed by atoms with Gasteiger partial charge in [0.05, 0.1) is 0 Å². The minimum Gasteiger partial charge on any atom is -0.332 e. The molecule has 2 rings (SSSR count). The van der Waals surface area contributed by atoms with Crippen LogP contribution in [0, 0.1) is 0 Å². The van der Waals surface area contributed by atoms with E-state index in [2.05, 4.69) is 16.0 Å². The van der Waals surface area contributed by atoms with Crippen LogP contribution in [0.4, 0.5) is 11.4 Å². The maximum atomic E-state index is 11.9. The van der Waals surface area contributed by atoms with Gasteiger partial charge in [0, 0.05) is 29.4 Å². The molecule has 2 aromatic carbocycles. The van der Waals surface area contributed by atoms with Gasteiger partial charge in [-0.15, -0.1) is 0 Å². The Balaban J connectivity index is 1.88. The summed E-state index contributed by atoms with van der Waals surface area (Å²) in [5.74, 6) is -0.513. The van der Waals surface area contributed by atoms with Gasteiger partial charge < -0.3 is 10.6 Å². The number of hydrogen-bond donors (Lipinski definition) is 3. The highest BCUT2D eigenvalue weighted by Crippen LogP contribution is 2.16. The number of carbonyl (C=O) groups is 2. The number of carbonyl (C=O) groups excluding carboxylic acids is 2. The molecule has 2 aromatic rings. The second kappa shape index (κ2) is 8.96. The van der Waals surface area contributed by atoms with Gasteiger partial charge in [-0.25, -0.2) is 0 Å². The lowest BCUT2D eigenvalue weighted by Crippen LogP contribution is -2.32. The van der Waals surface area contributed by atoms with Crippen LogP contribution in [0.2, 0.25) is 5.02 Å². The van der Waals surface area contributed by atoms with Crippen LogP contribution < -0.4 is 16.0 Å². The quantitative estimate of drug-likeness (QED) is 0.562. The fourth-order valence-corrected chi connectivity index (χ4v) is 2.35. The van der Waals surface area contributed by atoms with Gasteiger partial charge in [0.1, 0.15) is 0 Å². The molecule has 2 amide bonds. The van der Waals surface area contributed by atoms with E-state index in [-0.39, 0.29) is 16.9 Å². The number of thiocarbonyl (C=S) groups is 1. The molecule has 0 aliphatic carbocycles. The highest BCUT2D eigenvalue weighted by molar-refractivity contribution is 7.80. The average molecular weight is 374 g/mol. The van der Waals surface area contributed by atoms with Crippen molar-refractivity contribution < 1.29 is 9.59 Å². The normalized spacial score (nSPS) is 10.3. The van der Waals surface area contributed by atoms with Crippen molar-refractivity contribution in [1.29, 1.82) is 0 Å². The molecule has 0 aliphatic heterocycles. The van der Waals surface area contributed by atoms with Crippen molar-refractivity contribution in [1.82, 2.24) is 5.32 Å². The zero-order chi connectivity index (χ0) is 18.2. The van der Waals surface area contributed by atoms with Crippen molar-refractivity contribution in [3.05, 3.63) is 65.2 Å². The Labute approximate surface area is 156 Å². The predicted molar refractivity (Wildman–Crippen MR) is 106 cm³/mol. The molecule has 25 heavy (non-hydrogen) atoms. The number of rotatable bonds is 4. The molecule has 5 nitrogen and oxygen atoms in total. The van der Waals surface area contributed by atoms with Crippen LogP contribution in [-0.2, 0) is 9.59 Å². The van der Waals surface area contributed by atoms with Gasteiger partial charge >= 0.3 is 0 Å². The fraction of sp³-hybridized carbons (Fsp3) is 0.0556. The third kappa shape index (κ3) is 6.37. The molecule has 0 atom stereocenters.